The summed E-state index contributed by atoms with van der Waals surface area (Å²) in [6.45, 7) is 9.99. The molecule has 0 saturated carbocycles. The minimum absolute atomic E-state index is 0.682. The molecule has 0 fully saturated rings. The number of hydrogen-bond acceptors (Lipinski definition) is 2. The van der Waals surface area contributed by atoms with Crippen LogP contribution in [-0.4, -0.2) is 6.29 Å². The monoisotopic (exact) mass is 321 g/mol. The van der Waals surface area contributed by atoms with Gasteiger partial charge in [0.15, 0.2) is 0 Å². The quantitative estimate of drug-likeness (QED) is 0.426. The molecule has 2 nitrogen and oxygen atoms in total. The van der Waals surface area contributed by atoms with E-state index < -0.39 is 0 Å². The number of hydrogen-bond donors (Lipinski definition) is 0. The van der Waals surface area contributed by atoms with Crippen molar-refractivity contribution in [2.75, 3.05) is 4.90 Å². The van der Waals surface area contributed by atoms with E-state index in [4.69, 9.17) is 0 Å². The molecule has 2 aromatic carbocycles. The number of anilines is 2. The van der Waals surface area contributed by atoms with Gasteiger partial charge in [-0.05, 0) is 48.9 Å². The highest BCUT2D eigenvalue weighted by Gasteiger charge is 2.13. The third-order valence-corrected chi connectivity index (χ3v) is 3.41. The Labute approximate surface area is 146 Å². The molecule has 0 unspecified atom stereocenters. The number of rotatable bonds is 7. The zero-order chi connectivity index (χ0) is 17.8. The lowest BCUT2D eigenvalue weighted by atomic mass is 10.1. The van der Waals surface area contributed by atoms with Crippen molar-refractivity contribution >= 4 is 17.7 Å². The van der Waals surface area contributed by atoms with Gasteiger partial charge in [-0.1, -0.05) is 58.0 Å². The molecule has 0 aromatic heterocycles. The molecule has 0 aliphatic carbocycles. The maximum Gasteiger partial charge on any atom is 0.150 e. The Kier molecular flexibility index (Phi) is 8.91. The fourth-order valence-corrected chi connectivity index (χ4v) is 2.42. The van der Waals surface area contributed by atoms with Gasteiger partial charge in [0.2, 0.25) is 0 Å². The molecule has 0 radical (unpaired) electrons. The summed E-state index contributed by atoms with van der Waals surface area (Å²) in [6.07, 6.45) is 6.74. The molecule has 0 amide bonds. The van der Waals surface area contributed by atoms with Gasteiger partial charge in [-0.2, -0.15) is 0 Å². The molecule has 0 saturated heterocycles. The second kappa shape index (κ2) is 11.0. The normalized spacial score (nSPS) is 10.4. The Hall–Kier alpha value is -2.61. The van der Waals surface area contributed by atoms with Crippen LogP contribution < -0.4 is 4.90 Å². The Bertz CT molecular complexity index is 641. The predicted octanol–water partition coefficient (Wildman–Crippen LogP) is 6.53. The van der Waals surface area contributed by atoms with Crippen molar-refractivity contribution in [1.82, 2.24) is 0 Å². The molecule has 2 heteroatoms. The molecule has 0 spiro atoms. The van der Waals surface area contributed by atoms with Crippen LogP contribution in [0.15, 0.2) is 79.0 Å². The highest BCUT2D eigenvalue weighted by molar-refractivity contribution is 5.77. The Morgan fingerprint density at radius 1 is 1.00 bits per heavy atom. The predicted molar refractivity (Wildman–Crippen MR) is 105 cm³/mol. The van der Waals surface area contributed by atoms with Crippen LogP contribution >= 0.6 is 0 Å². The lowest BCUT2D eigenvalue weighted by Crippen LogP contribution is -2.16. The maximum atomic E-state index is 10.9. The lowest BCUT2D eigenvalue weighted by molar-refractivity contribution is 0.112. The average molecular weight is 321 g/mol. The second-order valence-electron chi connectivity index (χ2n) is 5.02. The maximum absolute atomic E-state index is 10.9. The molecule has 0 bridgehead atoms. The van der Waals surface area contributed by atoms with Crippen LogP contribution in [0.4, 0.5) is 11.4 Å². The molecule has 2 rings (SSSR count). The Balaban J connectivity index is 0.00000139. The molecular formula is C22H27NO. The molecular weight excluding hydrogens is 294 g/mol. The number of aldehydes is 1. The molecule has 0 N–H and O–H groups in total. The fourth-order valence-electron chi connectivity index (χ4n) is 2.42. The second-order valence-corrected chi connectivity index (χ2v) is 5.02. The van der Waals surface area contributed by atoms with Gasteiger partial charge in [0.1, 0.15) is 6.29 Å². The van der Waals surface area contributed by atoms with E-state index in [1.54, 1.807) is 0 Å². The standard InChI is InChI=1S/C20H21NO.C2H6/c1-3-8-18(9-4-2)21(19-10-6-5-7-11-19)20-14-12-17(16-22)13-15-20;1-2/h3,5-8,10-16H,1,4,9H2,2H3;1-2H3/b18-8+;. The topological polar surface area (TPSA) is 20.3 Å². The van der Waals surface area contributed by atoms with Gasteiger partial charge >= 0.3 is 0 Å². The molecule has 0 aliphatic heterocycles. The highest BCUT2D eigenvalue weighted by atomic mass is 16.1. The zero-order valence-electron chi connectivity index (χ0n) is 14.9. The van der Waals surface area contributed by atoms with Crippen LogP contribution in [0.2, 0.25) is 0 Å². The van der Waals surface area contributed by atoms with Crippen LogP contribution in [0.3, 0.4) is 0 Å². The SMILES string of the molecule is C=C/C=C(\CCC)N(c1ccccc1)c1ccc(C=O)cc1.CC. The number of para-hydroxylation sites is 1. The number of carbonyl (C=O) groups excluding carboxylic acids is 1. The van der Waals surface area contributed by atoms with Crippen LogP contribution in [0.25, 0.3) is 0 Å². The van der Waals surface area contributed by atoms with Crippen LogP contribution in [-0.2, 0) is 0 Å². The summed E-state index contributed by atoms with van der Waals surface area (Å²) in [5.41, 5.74) is 4.00. The minimum atomic E-state index is 0.682. The van der Waals surface area contributed by atoms with E-state index in [1.807, 2.05) is 68.5 Å². The molecule has 0 aliphatic rings. The summed E-state index contributed by atoms with van der Waals surface area (Å²) in [7, 11) is 0. The number of allylic oxidation sites excluding steroid dienone is 3. The van der Waals surface area contributed by atoms with Gasteiger partial charge in [-0.15, -0.1) is 0 Å². The third kappa shape index (κ3) is 5.24. The van der Waals surface area contributed by atoms with E-state index in [9.17, 15) is 4.79 Å². The summed E-state index contributed by atoms with van der Waals surface area (Å²) in [5, 5.41) is 0. The lowest BCUT2D eigenvalue weighted by Gasteiger charge is -2.28. The summed E-state index contributed by atoms with van der Waals surface area (Å²) >= 11 is 0. The number of nitrogens with zero attached hydrogens (tertiary/aromatic N) is 1. The van der Waals surface area contributed by atoms with E-state index in [1.165, 1.54) is 5.70 Å². The van der Waals surface area contributed by atoms with Crippen LogP contribution in [0.5, 0.6) is 0 Å². The third-order valence-electron chi connectivity index (χ3n) is 3.41. The first-order chi connectivity index (χ1) is 11.8. The first-order valence-electron chi connectivity index (χ1n) is 8.52. The first-order valence-corrected chi connectivity index (χ1v) is 8.52. The number of carbonyl (C=O) groups is 1. The Morgan fingerprint density at radius 3 is 2.08 bits per heavy atom. The number of benzene rings is 2. The van der Waals surface area contributed by atoms with Crippen molar-refractivity contribution in [3.05, 3.63) is 84.6 Å². The Morgan fingerprint density at radius 2 is 1.58 bits per heavy atom. The minimum Gasteiger partial charge on any atom is -0.314 e. The zero-order valence-corrected chi connectivity index (χ0v) is 14.9. The van der Waals surface area contributed by atoms with Gasteiger partial charge in [0, 0.05) is 22.6 Å². The van der Waals surface area contributed by atoms with Crippen molar-refractivity contribution in [2.45, 2.75) is 33.6 Å². The summed E-state index contributed by atoms with van der Waals surface area (Å²) in [6, 6.07) is 17.9. The summed E-state index contributed by atoms with van der Waals surface area (Å²) < 4.78 is 0. The van der Waals surface area contributed by atoms with Gasteiger partial charge in [0.25, 0.3) is 0 Å². The van der Waals surface area contributed by atoms with E-state index in [0.717, 1.165) is 30.5 Å². The van der Waals surface area contributed by atoms with Crippen molar-refractivity contribution in [3.8, 4) is 0 Å². The van der Waals surface area contributed by atoms with Crippen molar-refractivity contribution < 1.29 is 4.79 Å². The van der Waals surface area contributed by atoms with Gasteiger partial charge in [-0.3, -0.25) is 4.79 Å². The molecule has 0 atom stereocenters. The van der Waals surface area contributed by atoms with E-state index in [0.29, 0.717) is 5.56 Å². The van der Waals surface area contributed by atoms with Crippen molar-refractivity contribution in [1.29, 1.82) is 0 Å². The molecule has 0 heterocycles. The summed E-state index contributed by atoms with van der Waals surface area (Å²) in [5.74, 6) is 0. The van der Waals surface area contributed by atoms with Crippen LogP contribution in [0.1, 0.15) is 44.0 Å². The molecule has 126 valence electrons. The van der Waals surface area contributed by atoms with E-state index >= 15 is 0 Å². The summed E-state index contributed by atoms with van der Waals surface area (Å²) in [4.78, 5) is 13.1. The fraction of sp³-hybridized carbons (Fsp3) is 0.227. The highest BCUT2D eigenvalue weighted by Crippen LogP contribution is 2.31. The average Bonchev–Trinajstić information content (AvgIpc) is 2.65. The van der Waals surface area contributed by atoms with E-state index in [2.05, 4.69) is 30.5 Å². The smallest absolute Gasteiger partial charge is 0.150 e. The van der Waals surface area contributed by atoms with Gasteiger partial charge in [-0.25, -0.2) is 0 Å². The van der Waals surface area contributed by atoms with Gasteiger partial charge < -0.3 is 4.90 Å². The molecule has 2 aromatic rings. The first kappa shape index (κ1) is 19.4. The van der Waals surface area contributed by atoms with Gasteiger partial charge in [0.05, 0.1) is 0 Å². The largest absolute Gasteiger partial charge is 0.314 e. The van der Waals surface area contributed by atoms with Crippen molar-refractivity contribution in [2.24, 2.45) is 0 Å². The van der Waals surface area contributed by atoms with Crippen molar-refractivity contribution in [3.63, 3.8) is 0 Å². The molecule has 24 heavy (non-hydrogen) atoms. The van der Waals surface area contributed by atoms with Crippen LogP contribution in [0, 0.1) is 0 Å². The van der Waals surface area contributed by atoms with E-state index in [-0.39, 0.29) is 0 Å².